The van der Waals surface area contributed by atoms with Gasteiger partial charge in [-0.2, -0.15) is 4.39 Å². The molecular formula is C14H13FN2O2. The number of nitrogens with zero attached hydrogens (tertiary/aromatic N) is 1. The number of benzene rings is 1. The monoisotopic (exact) mass is 260 g/mol. The molecule has 4 nitrogen and oxygen atoms in total. The van der Waals surface area contributed by atoms with Gasteiger partial charge in [0.1, 0.15) is 0 Å². The Hall–Kier alpha value is -2.43. The molecule has 1 heterocycles. The van der Waals surface area contributed by atoms with E-state index in [0.29, 0.717) is 11.1 Å². The number of halogens is 1. The summed E-state index contributed by atoms with van der Waals surface area (Å²) in [6, 6.07) is 8.55. The van der Waals surface area contributed by atoms with Gasteiger partial charge in [0.05, 0.1) is 7.11 Å². The second-order valence-electron chi connectivity index (χ2n) is 3.88. The Balaban J connectivity index is 2.44. The van der Waals surface area contributed by atoms with Crippen LogP contribution in [-0.4, -0.2) is 25.0 Å². The Morgan fingerprint density at radius 3 is 2.79 bits per heavy atom. The normalized spacial score (nSPS) is 10.1. The molecule has 19 heavy (non-hydrogen) atoms. The standard InChI is InChI=1S/C14H13FN2O2/c1-16-14(18)10-5-3-4-9(6-10)11-7-12(19-2)13(15)17-8-11/h3-8H,1-2H3,(H,16,18). The summed E-state index contributed by atoms with van der Waals surface area (Å²) in [6.45, 7) is 0. The number of carbonyl (C=O) groups is 1. The maximum Gasteiger partial charge on any atom is 0.255 e. The zero-order valence-corrected chi connectivity index (χ0v) is 10.6. The summed E-state index contributed by atoms with van der Waals surface area (Å²) in [4.78, 5) is 15.2. The number of hydrogen-bond acceptors (Lipinski definition) is 3. The van der Waals surface area contributed by atoms with Crippen molar-refractivity contribution in [2.75, 3.05) is 14.2 Å². The van der Waals surface area contributed by atoms with E-state index in [1.54, 1.807) is 31.3 Å². The van der Waals surface area contributed by atoms with Gasteiger partial charge in [-0.15, -0.1) is 0 Å². The van der Waals surface area contributed by atoms with Gasteiger partial charge in [0.25, 0.3) is 11.9 Å². The van der Waals surface area contributed by atoms with Crippen molar-refractivity contribution in [2.45, 2.75) is 0 Å². The van der Waals surface area contributed by atoms with Crippen LogP contribution in [-0.2, 0) is 0 Å². The topological polar surface area (TPSA) is 51.2 Å². The number of aromatic nitrogens is 1. The molecule has 1 N–H and O–H groups in total. The van der Waals surface area contributed by atoms with Gasteiger partial charge in [-0.3, -0.25) is 4.79 Å². The van der Waals surface area contributed by atoms with E-state index in [4.69, 9.17) is 4.74 Å². The predicted molar refractivity (Wildman–Crippen MR) is 69.6 cm³/mol. The van der Waals surface area contributed by atoms with Gasteiger partial charge in [0, 0.05) is 24.4 Å². The number of amides is 1. The molecule has 0 unspecified atom stereocenters. The van der Waals surface area contributed by atoms with Gasteiger partial charge in [-0.1, -0.05) is 12.1 Å². The minimum absolute atomic E-state index is 0.0721. The second-order valence-corrected chi connectivity index (χ2v) is 3.88. The average molecular weight is 260 g/mol. The van der Waals surface area contributed by atoms with E-state index < -0.39 is 5.95 Å². The number of nitrogens with one attached hydrogen (secondary N) is 1. The lowest BCUT2D eigenvalue weighted by molar-refractivity contribution is 0.0963. The second kappa shape index (κ2) is 5.48. The molecule has 1 aromatic heterocycles. The number of carbonyl (C=O) groups excluding carboxylic acids is 1. The Kier molecular flexibility index (Phi) is 3.75. The van der Waals surface area contributed by atoms with Crippen LogP contribution in [0.2, 0.25) is 0 Å². The third kappa shape index (κ3) is 2.70. The molecule has 0 radical (unpaired) electrons. The zero-order valence-electron chi connectivity index (χ0n) is 10.6. The van der Waals surface area contributed by atoms with Crippen molar-refractivity contribution in [3.8, 4) is 16.9 Å². The molecule has 0 aliphatic rings. The van der Waals surface area contributed by atoms with Crippen LogP contribution in [0.3, 0.4) is 0 Å². The number of ether oxygens (including phenoxy) is 1. The summed E-state index contributed by atoms with van der Waals surface area (Å²) in [5.74, 6) is -0.763. The van der Waals surface area contributed by atoms with E-state index >= 15 is 0 Å². The van der Waals surface area contributed by atoms with Crippen molar-refractivity contribution < 1.29 is 13.9 Å². The maximum absolute atomic E-state index is 13.2. The molecule has 0 spiro atoms. The van der Waals surface area contributed by atoms with Crippen LogP contribution in [0.4, 0.5) is 4.39 Å². The van der Waals surface area contributed by atoms with Gasteiger partial charge in [0.15, 0.2) is 5.75 Å². The van der Waals surface area contributed by atoms with E-state index in [9.17, 15) is 9.18 Å². The molecule has 0 aliphatic heterocycles. The first-order valence-corrected chi connectivity index (χ1v) is 5.67. The number of rotatable bonds is 3. The van der Waals surface area contributed by atoms with E-state index in [1.807, 2.05) is 6.07 Å². The molecule has 5 heteroatoms. The van der Waals surface area contributed by atoms with Crippen molar-refractivity contribution in [3.63, 3.8) is 0 Å². The summed E-state index contributed by atoms with van der Waals surface area (Å²) >= 11 is 0. The van der Waals surface area contributed by atoms with Crippen LogP contribution in [0, 0.1) is 5.95 Å². The van der Waals surface area contributed by atoms with Crippen LogP contribution in [0.15, 0.2) is 36.5 Å². The lowest BCUT2D eigenvalue weighted by Crippen LogP contribution is -2.17. The first-order chi connectivity index (χ1) is 9.15. The van der Waals surface area contributed by atoms with Crippen molar-refractivity contribution >= 4 is 5.91 Å². The molecule has 2 rings (SSSR count). The van der Waals surface area contributed by atoms with Crippen molar-refractivity contribution in [2.24, 2.45) is 0 Å². The maximum atomic E-state index is 13.2. The van der Waals surface area contributed by atoms with E-state index in [2.05, 4.69) is 10.3 Å². The molecule has 0 atom stereocenters. The van der Waals surface area contributed by atoms with Crippen LogP contribution in [0.25, 0.3) is 11.1 Å². The molecule has 2 aromatic rings. The minimum Gasteiger partial charge on any atom is -0.492 e. The minimum atomic E-state index is -0.659. The Labute approximate surface area is 110 Å². The number of methoxy groups -OCH3 is 1. The van der Waals surface area contributed by atoms with E-state index in [1.165, 1.54) is 13.3 Å². The molecule has 98 valence electrons. The van der Waals surface area contributed by atoms with Gasteiger partial charge in [-0.05, 0) is 23.8 Å². The molecule has 0 fully saturated rings. The molecule has 1 aromatic carbocycles. The fraction of sp³-hybridized carbons (Fsp3) is 0.143. The predicted octanol–water partition coefficient (Wildman–Crippen LogP) is 2.26. The fourth-order valence-electron chi connectivity index (χ4n) is 1.71. The highest BCUT2D eigenvalue weighted by Gasteiger charge is 2.09. The van der Waals surface area contributed by atoms with E-state index in [0.717, 1.165) is 5.56 Å². The smallest absolute Gasteiger partial charge is 0.255 e. The zero-order chi connectivity index (χ0) is 13.8. The van der Waals surface area contributed by atoms with E-state index in [-0.39, 0.29) is 11.7 Å². The van der Waals surface area contributed by atoms with Crippen molar-refractivity contribution in [3.05, 3.63) is 48.0 Å². The molecule has 0 saturated carbocycles. The van der Waals surface area contributed by atoms with Crippen LogP contribution >= 0.6 is 0 Å². The summed E-state index contributed by atoms with van der Waals surface area (Å²) in [5.41, 5.74) is 1.99. The highest BCUT2D eigenvalue weighted by atomic mass is 19.1. The molecular weight excluding hydrogens is 247 g/mol. The van der Waals surface area contributed by atoms with Crippen molar-refractivity contribution in [1.29, 1.82) is 0 Å². The van der Waals surface area contributed by atoms with Crippen molar-refractivity contribution in [1.82, 2.24) is 10.3 Å². The Morgan fingerprint density at radius 1 is 1.32 bits per heavy atom. The summed E-state index contributed by atoms with van der Waals surface area (Å²) in [7, 11) is 2.95. The number of hydrogen-bond donors (Lipinski definition) is 1. The number of pyridine rings is 1. The van der Waals surface area contributed by atoms with Gasteiger partial charge < -0.3 is 10.1 Å². The Morgan fingerprint density at radius 2 is 2.11 bits per heavy atom. The lowest BCUT2D eigenvalue weighted by atomic mass is 10.0. The van der Waals surface area contributed by atoms with Crippen LogP contribution in [0.5, 0.6) is 5.75 Å². The van der Waals surface area contributed by atoms with Crippen LogP contribution < -0.4 is 10.1 Å². The third-order valence-corrected chi connectivity index (χ3v) is 2.71. The molecule has 1 amide bonds. The Bertz CT molecular complexity index is 614. The SMILES string of the molecule is CNC(=O)c1cccc(-c2cnc(F)c(OC)c2)c1. The molecule has 0 aliphatic carbocycles. The fourth-order valence-corrected chi connectivity index (χ4v) is 1.71. The average Bonchev–Trinajstić information content (AvgIpc) is 2.47. The van der Waals surface area contributed by atoms with Crippen LogP contribution in [0.1, 0.15) is 10.4 Å². The first-order valence-electron chi connectivity index (χ1n) is 5.67. The highest BCUT2D eigenvalue weighted by molar-refractivity contribution is 5.95. The summed E-state index contributed by atoms with van der Waals surface area (Å²) < 4.78 is 18.1. The van der Waals surface area contributed by atoms with Gasteiger partial charge >= 0.3 is 0 Å². The summed E-state index contributed by atoms with van der Waals surface area (Å²) in [5, 5.41) is 2.55. The highest BCUT2D eigenvalue weighted by Crippen LogP contribution is 2.25. The first kappa shape index (κ1) is 13.0. The van der Waals surface area contributed by atoms with Gasteiger partial charge in [-0.25, -0.2) is 4.98 Å². The quantitative estimate of drug-likeness (QED) is 0.861. The summed E-state index contributed by atoms with van der Waals surface area (Å²) in [6.07, 6.45) is 1.40. The molecule has 0 bridgehead atoms. The largest absolute Gasteiger partial charge is 0.492 e. The van der Waals surface area contributed by atoms with Gasteiger partial charge in [0.2, 0.25) is 0 Å². The lowest BCUT2D eigenvalue weighted by Gasteiger charge is -2.07. The molecule has 0 saturated heterocycles. The third-order valence-electron chi connectivity index (χ3n) is 2.71.